The van der Waals surface area contributed by atoms with Gasteiger partial charge in [-0.1, -0.05) is 18.2 Å². The molecule has 1 N–H and O–H groups in total. The number of carbonyl (C=O) groups is 2. The number of para-hydroxylation sites is 1. The first kappa shape index (κ1) is 16.5. The largest absolute Gasteiger partial charge is 0.494 e. The van der Waals surface area contributed by atoms with Gasteiger partial charge in [0.25, 0.3) is 5.91 Å². The molecule has 0 atom stereocenters. The molecule has 0 spiro atoms. The molecule has 5 heteroatoms. The predicted octanol–water partition coefficient (Wildman–Crippen LogP) is 2.67. The van der Waals surface area contributed by atoms with Crippen LogP contribution in [0.3, 0.4) is 0 Å². The maximum absolute atomic E-state index is 12.0. The molecule has 5 nitrogen and oxygen atoms in total. The van der Waals surface area contributed by atoms with Gasteiger partial charge in [-0.2, -0.15) is 0 Å². The molecule has 0 aliphatic carbocycles. The van der Waals surface area contributed by atoms with Crippen molar-refractivity contribution < 1.29 is 19.1 Å². The lowest BCUT2D eigenvalue weighted by Gasteiger charge is -2.07. The number of ether oxygens (including phenoxy) is 2. The average Bonchev–Trinajstić information content (AvgIpc) is 2.61. The summed E-state index contributed by atoms with van der Waals surface area (Å²) < 4.78 is 10.2. The third kappa shape index (κ3) is 5.14. The number of carbonyl (C=O) groups excluding carboxylic acids is 2. The summed E-state index contributed by atoms with van der Waals surface area (Å²) >= 11 is 0. The summed E-state index contributed by atoms with van der Waals surface area (Å²) in [6.07, 6.45) is 0.709. The van der Waals surface area contributed by atoms with Crippen LogP contribution in [0.5, 0.6) is 5.75 Å². The Labute approximate surface area is 135 Å². The van der Waals surface area contributed by atoms with Gasteiger partial charge in [0.1, 0.15) is 5.75 Å². The second kappa shape index (κ2) is 8.58. The number of benzene rings is 2. The maximum Gasteiger partial charge on any atom is 0.337 e. The molecule has 2 aromatic rings. The minimum Gasteiger partial charge on any atom is -0.494 e. The van der Waals surface area contributed by atoms with Crippen LogP contribution >= 0.6 is 0 Å². The zero-order valence-electron chi connectivity index (χ0n) is 13.0. The highest BCUT2D eigenvalue weighted by atomic mass is 16.5. The number of nitrogens with one attached hydrogen (secondary N) is 1. The van der Waals surface area contributed by atoms with Gasteiger partial charge in [-0.15, -0.1) is 0 Å². The topological polar surface area (TPSA) is 64.6 Å². The van der Waals surface area contributed by atoms with E-state index in [0.717, 1.165) is 5.75 Å². The molecule has 1 amide bonds. The van der Waals surface area contributed by atoms with Crippen LogP contribution < -0.4 is 10.1 Å². The number of hydrogen-bond acceptors (Lipinski definition) is 4. The molecule has 2 aromatic carbocycles. The molecular formula is C18H19NO4. The van der Waals surface area contributed by atoms with Crippen molar-refractivity contribution in [2.45, 2.75) is 6.42 Å². The van der Waals surface area contributed by atoms with Gasteiger partial charge >= 0.3 is 5.97 Å². The van der Waals surface area contributed by atoms with Crippen LogP contribution in [-0.2, 0) is 4.74 Å². The van der Waals surface area contributed by atoms with E-state index in [-0.39, 0.29) is 5.91 Å². The lowest BCUT2D eigenvalue weighted by Crippen LogP contribution is -2.25. The van der Waals surface area contributed by atoms with Crippen molar-refractivity contribution in [2.75, 3.05) is 20.3 Å². The van der Waals surface area contributed by atoms with Crippen molar-refractivity contribution in [3.05, 3.63) is 65.7 Å². The first-order valence-electron chi connectivity index (χ1n) is 7.35. The molecule has 0 saturated carbocycles. The minimum absolute atomic E-state index is 0.180. The summed E-state index contributed by atoms with van der Waals surface area (Å²) in [6.45, 7) is 1.05. The molecule has 0 unspecified atom stereocenters. The Morgan fingerprint density at radius 1 is 0.957 bits per heavy atom. The fourth-order valence-corrected chi connectivity index (χ4v) is 1.96. The first-order chi connectivity index (χ1) is 11.2. The highest BCUT2D eigenvalue weighted by Crippen LogP contribution is 2.08. The van der Waals surface area contributed by atoms with Crippen molar-refractivity contribution in [3.63, 3.8) is 0 Å². The lowest BCUT2D eigenvalue weighted by molar-refractivity contribution is 0.0600. The molecule has 0 aliphatic rings. The van der Waals surface area contributed by atoms with E-state index < -0.39 is 5.97 Å². The predicted molar refractivity (Wildman–Crippen MR) is 86.7 cm³/mol. The number of esters is 1. The van der Waals surface area contributed by atoms with Gasteiger partial charge in [-0.25, -0.2) is 4.79 Å². The van der Waals surface area contributed by atoms with E-state index in [2.05, 4.69) is 10.1 Å². The number of hydrogen-bond donors (Lipinski definition) is 1. The molecule has 0 aliphatic heterocycles. The van der Waals surface area contributed by atoms with Crippen LogP contribution in [0.4, 0.5) is 0 Å². The standard InChI is InChI=1S/C18H19NO4/c1-22-18(21)15-10-8-14(9-11-15)17(20)19-12-5-13-23-16-6-3-2-4-7-16/h2-4,6-11H,5,12-13H2,1H3,(H,19,20). The maximum atomic E-state index is 12.0. The Balaban J connectivity index is 1.71. The second-order valence-electron chi connectivity index (χ2n) is 4.84. The summed E-state index contributed by atoms with van der Waals surface area (Å²) in [7, 11) is 1.32. The monoisotopic (exact) mass is 313 g/mol. The van der Waals surface area contributed by atoms with E-state index in [4.69, 9.17) is 4.74 Å². The second-order valence-corrected chi connectivity index (χ2v) is 4.84. The summed E-state index contributed by atoms with van der Waals surface area (Å²) in [5, 5.41) is 2.81. The van der Waals surface area contributed by atoms with Gasteiger partial charge in [0.15, 0.2) is 0 Å². The zero-order valence-corrected chi connectivity index (χ0v) is 13.0. The van der Waals surface area contributed by atoms with Crippen LogP contribution in [0.1, 0.15) is 27.1 Å². The summed E-state index contributed by atoms with van der Waals surface area (Å²) in [6, 6.07) is 15.9. The van der Waals surface area contributed by atoms with Gasteiger partial charge in [0.2, 0.25) is 0 Å². The smallest absolute Gasteiger partial charge is 0.337 e. The molecule has 23 heavy (non-hydrogen) atoms. The Morgan fingerprint density at radius 3 is 2.26 bits per heavy atom. The van der Waals surface area contributed by atoms with E-state index in [1.54, 1.807) is 24.3 Å². The summed E-state index contributed by atoms with van der Waals surface area (Å²) in [4.78, 5) is 23.3. The number of methoxy groups -OCH3 is 1. The first-order valence-corrected chi connectivity index (χ1v) is 7.35. The van der Waals surface area contributed by atoms with Crippen molar-refractivity contribution in [1.29, 1.82) is 0 Å². The van der Waals surface area contributed by atoms with Gasteiger partial charge < -0.3 is 14.8 Å². The van der Waals surface area contributed by atoms with Crippen LogP contribution in [-0.4, -0.2) is 32.1 Å². The quantitative estimate of drug-likeness (QED) is 0.630. The van der Waals surface area contributed by atoms with Gasteiger partial charge in [-0.05, 0) is 42.8 Å². The summed E-state index contributed by atoms with van der Waals surface area (Å²) in [5.74, 6) is 0.216. The highest BCUT2D eigenvalue weighted by Gasteiger charge is 2.08. The minimum atomic E-state index is -0.421. The Bertz CT molecular complexity index is 638. The molecule has 0 saturated heterocycles. The van der Waals surface area contributed by atoms with E-state index in [1.807, 2.05) is 30.3 Å². The fourth-order valence-electron chi connectivity index (χ4n) is 1.96. The fraction of sp³-hybridized carbons (Fsp3) is 0.222. The van der Waals surface area contributed by atoms with E-state index in [0.29, 0.717) is 30.7 Å². The molecule has 0 bridgehead atoms. The summed E-state index contributed by atoms with van der Waals surface area (Å²) in [5.41, 5.74) is 0.918. The average molecular weight is 313 g/mol. The highest BCUT2D eigenvalue weighted by molar-refractivity contribution is 5.96. The van der Waals surface area contributed by atoms with E-state index in [9.17, 15) is 9.59 Å². The van der Waals surface area contributed by atoms with Crippen molar-refractivity contribution in [1.82, 2.24) is 5.32 Å². The molecular weight excluding hydrogens is 294 g/mol. The molecule has 0 aromatic heterocycles. The van der Waals surface area contributed by atoms with Gasteiger partial charge in [-0.3, -0.25) is 4.79 Å². The van der Waals surface area contributed by atoms with Gasteiger partial charge in [0, 0.05) is 12.1 Å². The van der Waals surface area contributed by atoms with E-state index >= 15 is 0 Å². The number of rotatable bonds is 7. The molecule has 120 valence electrons. The Morgan fingerprint density at radius 2 is 1.61 bits per heavy atom. The third-order valence-corrected chi connectivity index (χ3v) is 3.19. The van der Waals surface area contributed by atoms with Crippen molar-refractivity contribution in [2.24, 2.45) is 0 Å². The van der Waals surface area contributed by atoms with Crippen molar-refractivity contribution >= 4 is 11.9 Å². The zero-order chi connectivity index (χ0) is 16.5. The molecule has 0 heterocycles. The third-order valence-electron chi connectivity index (χ3n) is 3.19. The van der Waals surface area contributed by atoms with Crippen LogP contribution in [0.15, 0.2) is 54.6 Å². The number of amides is 1. The Hall–Kier alpha value is -2.82. The van der Waals surface area contributed by atoms with Crippen molar-refractivity contribution in [3.8, 4) is 5.75 Å². The van der Waals surface area contributed by atoms with Crippen LogP contribution in [0, 0.1) is 0 Å². The lowest BCUT2D eigenvalue weighted by atomic mass is 10.1. The van der Waals surface area contributed by atoms with Crippen LogP contribution in [0.2, 0.25) is 0 Å². The molecule has 0 fully saturated rings. The van der Waals surface area contributed by atoms with Gasteiger partial charge in [0.05, 0.1) is 19.3 Å². The molecule has 0 radical (unpaired) electrons. The SMILES string of the molecule is COC(=O)c1ccc(C(=O)NCCCOc2ccccc2)cc1. The van der Waals surface area contributed by atoms with E-state index in [1.165, 1.54) is 7.11 Å². The normalized spacial score (nSPS) is 9.96. The molecule has 2 rings (SSSR count). The Kier molecular flexibility index (Phi) is 6.17. The van der Waals surface area contributed by atoms with Crippen LogP contribution in [0.25, 0.3) is 0 Å².